The maximum Gasteiger partial charge on any atom is 0.255 e. The molecule has 0 saturated carbocycles. The minimum Gasteiger partial charge on any atom is -0.372 e. The molecular weight excluding hydrogens is 436 g/mol. The van der Waals surface area contributed by atoms with Gasteiger partial charge in [-0.3, -0.25) is 19.0 Å². The first-order chi connectivity index (χ1) is 15.0. The van der Waals surface area contributed by atoms with E-state index in [-0.39, 0.29) is 18.4 Å². The van der Waals surface area contributed by atoms with Crippen molar-refractivity contribution in [3.8, 4) is 5.69 Å². The van der Waals surface area contributed by atoms with Gasteiger partial charge >= 0.3 is 0 Å². The number of pyridine rings is 1. The van der Waals surface area contributed by atoms with Crippen molar-refractivity contribution in [3.05, 3.63) is 93.9 Å². The van der Waals surface area contributed by atoms with E-state index in [0.29, 0.717) is 6.04 Å². The summed E-state index contributed by atoms with van der Waals surface area (Å²) in [7, 11) is 0. The molecule has 2 heterocycles. The number of halogens is 1. The zero-order chi connectivity index (χ0) is 22.6. The summed E-state index contributed by atoms with van der Waals surface area (Å²) < 4.78 is 1.66. The van der Waals surface area contributed by atoms with Crippen LogP contribution in [0.3, 0.4) is 0 Å². The van der Waals surface area contributed by atoms with Crippen LogP contribution in [-0.4, -0.2) is 29.0 Å². The molecule has 1 aliphatic rings. The molecule has 1 fully saturated rings. The number of carbonyl (C=O) groups is 2. The van der Waals surface area contributed by atoms with Gasteiger partial charge in [0.1, 0.15) is 0 Å². The summed E-state index contributed by atoms with van der Waals surface area (Å²) in [6.45, 7) is 0. The first kappa shape index (κ1) is 24.0. The monoisotopic (exact) mass is 458 g/mol. The number of amides is 2. The summed E-state index contributed by atoms with van der Waals surface area (Å²) in [5.74, 6) is 2.01. The maximum atomic E-state index is 12.0. The van der Waals surface area contributed by atoms with Crippen LogP contribution in [0.25, 0.3) is 5.69 Å². The predicted octanol–water partition coefficient (Wildman–Crippen LogP) is 2.95. The van der Waals surface area contributed by atoms with Gasteiger partial charge in [-0.15, -0.1) is 11.8 Å². The Morgan fingerprint density at radius 2 is 1.48 bits per heavy atom. The molecule has 1 aromatic heterocycles. The summed E-state index contributed by atoms with van der Waals surface area (Å²) in [5, 5.41) is 0.754. The summed E-state index contributed by atoms with van der Waals surface area (Å²) in [5.41, 5.74) is 11.6. The predicted molar refractivity (Wildman–Crippen MR) is 127 cm³/mol. The number of aromatic nitrogens is 1. The van der Waals surface area contributed by atoms with Gasteiger partial charge < -0.3 is 16.4 Å². The maximum absolute atomic E-state index is 12.0. The minimum absolute atomic E-state index is 0.0190. The lowest BCUT2D eigenvalue weighted by molar-refractivity contribution is -0.107. The van der Waals surface area contributed by atoms with Gasteiger partial charge in [-0.2, -0.15) is 0 Å². The molecule has 31 heavy (non-hydrogen) atoms. The van der Waals surface area contributed by atoms with Crippen molar-refractivity contribution in [2.75, 3.05) is 16.5 Å². The lowest BCUT2D eigenvalue weighted by Gasteiger charge is -2.26. The number of thioether (sulfide) groups is 1. The molecule has 1 atom stereocenters. The molecule has 3 aromatic rings. The van der Waals surface area contributed by atoms with Crippen LogP contribution in [-0.2, 0) is 9.59 Å². The molecule has 2 amide bonds. The van der Waals surface area contributed by atoms with Gasteiger partial charge in [0.2, 0.25) is 12.8 Å². The highest BCUT2D eigenvalue weighted by Gasteiger charge is 2.26. The molecule has 2 aromatic carbocycles. The van der Waals surface area contributed by atoms with Crippen molar-refractivity contribution < 1.29 is 9.59 Å². The van der Waals surface area contributed by atoms with Crippen LogP contribution in [0.5, 0.6) is 0 Å². The lowest BCUT2D eigenvalue weighted by atomic mass is 10.1. The average molecular weight is 459 g/mol. The molecule has 0 radical (unpaired) electrons. The lowest BCUT2D eigenvalue weighted by Crippen LogP contribution is -2.23. The number of carbonyl (C=O) groups excluding carboxylic acids is 2. The Kier molecular flexibility index (Phi) is 9.67. The Hall–Kier alpha value is -3.23. The fourth-order valence-corrected chi connectivity index (χ4v) is 4.46. The number of rotatable bonds is 3. The van der Waals surface area contributed by atoms with E-state index >= 15 is 0 Å². The second kappa shape index (κ2) is 12.5. The Morgan fingerprint density at radius 1 is 0.903 bits per heavy atom. The zero-order valence-electron chi connectivity index (χ0n) is 16.6. The quantitative estimate of drug-likeness (QED) is 0.586. The van der Waals surface area contributed by atoms with E-state index in [4.69, 9.17) is 21.2 Å². The number of benzene rings is 2. The molecule has 0 aliphatic carbocycles. The van der Waals surface area contributed by atoms with Crippen molar-refractivity contribution in [1.82, 2.24) is 4.57 Å². The SMILES string of the molecule is NC=O.NC=O.O=c1ccccn1-c1ccc(C2CSCN2c2ccc(Cl)cc2)cc1. The van der Waals surface area contributed by atoms with Gasteiger partial charge in [0, 0.05) is 34.4 Å². The van der Waals surface area contributed by atoms with E-state index in [0.717, 1.165) is 22.3 Å². The highest BCUT2D eigenvalue weighted by atomic mass is 35.5. The van der Waals surface area contributed by atoms with E-state index in [1.165, 1.54) is 11.3 Å². The topological polar surface area (TPSA) is 111 Å². The number of hydrogen-bond donors (Lipinski definition) is 2. The van der Waals surface area contributed by atoms with Crippen molar-refractivity contribution in [3.63, 3.8) is 0 Å². The van der Waals surface area contributed by atoms with Crippen LogP contribution >= 0.6 is 23.4 Å². The Bertz CT molecular complexity index is 1020. The molecule has 4 N–H and O–H groups in total. The van der Waals surface area contributed by atoms with E-state index in [1.54, 1.807) is 22.9 Å². The molecule has 1 unspecified atom stereocenters. The van der Waals surface area contributed by atoms with Gasteiger partial charge in [0.15, 0.2) is 0 Å². The third kappa shape index (κ3) is 6.63. The fourth-order valence-electron chi connectivity index (χ4n) is 3.10. The third-order valence-corrected chi connectivity index (χ3v) is 5.68. The van der Waals surface area contributed by atoms with Crippen molar-refractivity contribution >= 4 is 41.9 Å². The summed E-state index contributed by atoms with van der Waals surface area (Å²) in [6.07, 6.45) is 2.29. The van der Waals surface area contributed by atoms with Gasteiger partial charge in [0.05, 0.1) is 11.9 Å². The van der Waals surface area contributed by atoms with E-state index in [9.17, 15) is 4.79 Å². The largest absolute Gasteiger partial charge is 0.372 e. The molecule has 0 bridgehead atoms. The number of nitrogens with zero attached hydrogens (tertiary/aromatic N) is 2. The molecule has 7 nitrogen and oxygen atoms in total. The van der Waals surface area contributed by atoms with Crippen LogP contribution < -0.4 is 21.9 Å². The van der Waals surface area contributed by atoms with Crippen molar-refractivity contribution in [1.29, 1.82) is 0 Å². The summed E-state index contributed by atoms with van der Waals surface area (Å²) in [4.78, 5) is 31.5. The van der Waals surface area contributed by atoms with E-state index in [2.05, 4.69) is 40.6 Å². The molecule has 162 valence electrons. The van der Waals surface area contributed by atoms with Crippen LogP contribution in [0.15, 0.2) is 77.7 Å². The molecule has 1 aliphatic heterocycles. The standard InChI is InChI=1S/C20H17ClN2OS.2CH3NO/c21-16-6-10-18(11-7-16)23-14-25-13-19(23)15-4-8-17(9-5-15)22-12-2-1-3-20(22)24;2*2-1-3/h1-12,19H,13-14H2;2*1H,(H2,2,3). The first-order valence-electron chi connectivity index (χ1n) is 9.24. The normalized spacial score (nSPS) is 14.5. The second-order valence-electron chi connectivity index (χ2n) is 6.23. The van der Waals surface area contributed by atoms with E-state index in [1.807, 2.05) is 42.1 Å². The van der Waals surface area contributed by atoms with Crippen LogP contribution in [0.1, 0.15) is 11.6 Å². The number of nitrogens with two attached hydrogens (primary N) is 2. The summed E-state index contributed by atoms with van der Waals surface area (Å²) in [6, 6.07) is 21.8. The molecule has 9 heteroatoms. The fraction of sp³-hybridized carbons (Fsp3) is 0.136. The smallest absolute Gasteiger partial charge is 0.255 e. The number of primary amides is 2. The Morgan fingerprint density at radius 3 is 2.06 bits per heavy atom. The van der Waals surface area contributed by atoms with Crippen LogP contribution in [0, 0.1) is 0 Å². The highest BCUT2D eigenvalue weighted by Crippen LogP contribution is 2.37. The Balaban J connectivity index is 0.000000513. The molecule has 0 spiro atoms. The molecule has 1 saturated heterocycles. The number of anilines is 1. The van der Waals surface area contributed by atoms with Gasteiger partial charge in [0.25, 0.3) is 5.56 Å². The average Bonchev–Trinajstić information content (AvgIpc) is 3.26. The van der Waals surface area contributed by atoms with E-state index < -0.39 is 0 Å². The van der Waals surface area contributed by atoms with Crippen LogP contribution in [0.2, 0.25) is 5.02 Å². The van der Waals surface area contributed by atoms with Gasteiger partial charge in [-0.05, 0) is 48.0 Å². The van der Waals surface area contributed by atoms with Crippen molar-refractivity contribution in [2.45, 2.75) is 6.04 Å². The molecule has 4 rings (SSSR count). The van der Waals surface area contributed by atoms with Crippen molar-refractivity contribution in [2.24, 2.45) is 11.5 Å². The zero-order valence-corrected chi connectivity index (χ0v) is 18.2. The summed E-state index contributed by atoms with van der Waals surface area (Å²) >= 11 is 7.93. The molecular formula is C22H23ClN4O3S. The third-order valence-electron chi connectivity index (χ3n) is 4.42. The highest BCUT2D eigenvalue weighted by molar-refractivity contribution is 7.99. The second-order valence-corrected chi connectivity index (χ2v) is 7.67. The Labute approximate surface area is 189 Å². The van der Waals surface area contributed by atoms with Gasteiger partial charge in [-0.25, -0.2) is 0 Å². The van der Waals surface area contributed by atoms with Crippen LogP contribution in [0.4, 0.5) is 5.69 Å². The number of hydrogen-bond acceptors (Lipinski definition) is 5. The minimum atomic E-state index is -0.0190. The van der Waals surface area contributed by atoms with Gasteiger partial charge in [-0.1, -0.05) is 29.8 Å². The first-order valence-corrected chi connectivity index (χ1v) is 10.8.